The van der Waals surface area contributed by atoms with E-state index in [-0.39, 0.29) is 24.8 Å². The maximum atomic E-state index is 12.2. The minimum absolute atomic E-state index is 0.00436. The summed E-state index contributed by atoms with van der Waals surface area (Å²) in [5, 5.41) is 24.2. The molecule has 10 heteroatoms. The highest BCUT2D eigenvalue weighted by Crippen LogP contribution is 2.39. The molecule has 1 aliphatic heterocycles. The molecule has 0 spiro atoms. The normalized spacial score (nSPS) is 18.8. The van der Waals surface area contributed by atoms with Gasteiger partial charge in [-0.05, 0) is 22.3 Å². The molecule has 4 aromatic rings. The van der Waals surface area contributed by atoms with Crippen LogP contribution in [0.4, 0.5) is 4.79 Å². The zero-order chi connectivity index (χ0) is 27.7. The van der Waals surface area contributed by atoms with E-state index in [0.717, 1.165) is 33.0 Å². The summed E-state index contributed by atoms with van der Waals surface area (Å²) in [5.41, 5.74) is 4.83. The van der Waals surface area contributed by atoms with E-state index < -0.39 is 6.29 Å². The van der Waals surface area contributed by atoms with Crippen LogP contribution in [0.5, 0.6) is 0 Å². The van der Waals surface area contributed by atoms with Crippen molar-refractivity contribution in [1.29, 1.82) is 0 Å². The van der Waals surface area contributed by atoms with E-state index in [2.05, 4.69) is 20.8 Å². The van der Waals surface area contributed by atoms with Crippen LogP contribution in [0.15, 0.2) is 90.3 Å². The smallest absolute Gasteiger partial charge is 0.315 e. The number of ether oxygens (including phenoxy) is 2. The van der Waals surface area contributed by atoms with Gasteiger partial charge in [-0.15, -0.1) is 10.2 Å². The van der Waals surface area contributed by atoms with Crippen molar-refractivity contribution >= 4 is 17.8 Å². The fraction of sp³-hybridized carbons (Fsp3) is 0.300. The number of aryl methyl sites for hydroxylation is 1. The summed E-state index contributed by atoms with van der Waals surface area (Å²) < 4.78 is 14.7. The molecule has 2 heterocycles. The maximum Gasteiger partial charge on any atom is 0.315 e. The molecule has 9 nitrogen and oxygen atoms in total. The molecular formula is C30H33N5O4S. The lowest BCUT2D eigenvalue weighted by atomic mass is 10.0. The van der Waals surface area contributed by atoms with Gasteiger partial charge in [0.15, 0.2) is 11.4 Å². The lowest BCUT2D eigenvalue weighted by molar-refractivity contribution is -0.245. The minimum atomic E-state index is -0.544. The molecule has 0 aliphatic carbocycles. The molecule has 0 bridgehead atoms. The van der Waals surface area contributed by atoms with Crippen LogP contribution in [0.2, 0.25) is 0 Å². The fourth-order valence-corrected chi connectivity index (χ4v) is 5.31. The zero-order valence-corrected chi connectivity index (χ0v) is 23.1. The number of hydrogen-bond donors (Lipinski definition) is 3. The van der Waals surface area contributed by atoms with Crippen molar-refractivity contribution in [2.75, 3.05) is 5.75 Å². The van der Waals surface area contributed by atoms with Crippen molar-refractivity contribution in [3.8, 4) is 0 Å². The van der Waals surface area contributed by atoms with Crippen LogP contribution in [-0.2, 0) is 36.2 Å². The van der Waals surface area contributed by atoms with E-state index in [0.29, 0.717) is 25.3 Å². The summed E-state index contributed by atoms with van der Waals surface area (Å²) >= 11 is 1.60. The Balaban J connectivity index is 1.21. The number of aliphatic hydroxyl groups excluding tert-OH is 1. The van der Waals surface area contributed by atoms with E-state index in [1.54, 1.807) is 18.1 Å². The van der Waals surface area contributed by atoms with Crippen molar-refractivity contribution in [3.05, 3.63) is 113 Å². The average Bonchev–Trinajstić information content (AvgIpc) is 3.43. The molecule has 0 radical (unpaired) electrons. The molecule has 40 heavy (non-hydrogen) atoms. The van der Waals surface area contributed by atoms with Gasteiger partial charge in [0.2, 0.25) is 0 Å². The van der Waals surface area contributed by atoms with Crippen LogP contribution < -0.4 is 10.6 Å². The second-order valence-electron chi connectivity index (χ2n) is 9.65. The number of aliphatic hydroxyl groups is 1. The second kappa shape index (κ2) is 13.6. The predicted molar refractivity (Wildman–Crippen MR) is 152 cm³/mol. The van der Waals surface area contributed by atoms with E-state index in [1.807, 2.05) is 90.5 Å². The van der Waals surface area contributed by atoms with Crippen molar-refractivity contribution in [2.24, 2.45) is 7.05 Å². The molecule has 0 unspecified atom stereocenters. The van der Waals surface area contributed by atoms with E-state index in [9.17, 15) is 9.90 Å². The molecule has 1 aliphatic rings. The number of thioether (sulfide) groups is 1. The molecule has 1 fully saturated rings. The van der Waals surface area contributed by atoms with Crippen molar-refractivity contribution in [1.82, 2.24) is 25.4 Å². The first-order valence-corrected chi connectivity index (χ1v) is 14.2. The largest absolute Gasteiger partial charge is 0.392 e. The van der Waals surface area contributed by atoms with Crippen LogP contribution >= 0.6 is 11.8 Å². The molecule has 5 rings (SSSR count). The Labute approximate surface area is 237 Å². The predicted octanol–water partition coefficient (Wildman–Crippen LogP) is 4.64. The Hall–Kier alpha value is -3.70. The first-order valence-electron chi connectivity index (χ1n) is 13.2. The average molecular weight is 560 g/mol. The lowest BCUT2D eigenvalue weighted by Gasteiger charge is -2.36. The fourth-order valence-electron chi connectivity index (χ4n) is 4.41. The number of hydrogen-bond acceptors (Lipinski definition) is 7. The number of nitrogens with one attached hydrogen (secondary N) is 2. The Morgan fingerprint density at radius 2 is 1.57 bits per heavy atom. The SMILES string of the molecule is Cn1cnnc1SC[C@H]1C[C@@H](c2ccc(CO)cc2)O[C@@H](c2ccc(CNC(=O)NCc3ccccc3)cc2)O1. The molecule has 3 N–H and O–H groups in total. The Kier molecular flexibility index (Phi) is 9.46. The van der Waals surface area contributed by atoms with Gasteiger partial charge in [0.25, 0.3) is 0 Å². The van der Waals surface area contributed by atoms with Crippen LogP contribution in [0.25, 0.3) is 0 Å². The van der Waals surface area contributed by atoms with E-state index >= 15 is 0 Å². The molecule has 2 amide bonds. The van der Waals surface area contributed by atoms with Gasteiger partial charge < -0.3 is 29.8 Å². The second-order valence-corrected chi connectivity index (χ2v) is 10.6. The monoisotopic (exact) mass is 559 g/mol. The van der Waals surface area contributed by atoms with Gasteiger partial charge in [0.05, 0.1) is 18.8 Å². The van der Waals surface area contributed by atoms with Crippen molar-refractivity contribution in [3.63, 3.8) is 0 Å². The van der Waals surface area contributed by atoms with Gasteiger partial charge >= 0.3 is 6.03 Å². The minimum Gasteiger partial charge on any atom is -0.392 e. The van der Waals surface area contributed by atoms with Gasteiger partial charge in [-0.2, -0.15) is 0 Å². The van der Waals surface area contributed by atoms with Gasteiger partial charge in [0, 0.05) is 37.9 Å². The molecule has 1 aromatic heterocycles. The summed E-state index contributed by atoms with van der Waals surface area (Å²) in [7, 11) is 1.92. The Morgan fingerprint density at radius 1 is 0.925 bits per heavy atom. The number of benzene rings is 3. The number of carbonyl (C=O) groups excluding carboxylic acids is 1. The van der Waals surface area contributed by atoms with E-state index in [1.165, 1.54) is 0 Å². The third kappa shape index (κ3) is 7.48. The summed E-state index contributed by atoms with van der Waals surface area (Å²) in [4.78, 5) is 12.2. The zero-order valence-electron chi connectivity index (χ0n) is 22.3. The highest BCUT2D eigenvalue weighted by Gasteiger charge is 2.32. The van der Waals surface area contributed by atoms with Crippen molar-refractivity contribution in [2.45, 2.75) is 49.8 Å². The van der Waals surface area contributed by atoms with Gasteiger partial charge in [-0.3, -0.25) is 0 Å². The topological polar surface area (TPSA) is 111 Å². The summed E-state index contributed by atoms with van der Waals surface area (Å²) in [6.45, 7) is 0.885. The lowest BCUT2D eigenvalue weighted by Crippen LogP contribution is -2.34. The molecule has 1 saturated heterocycles. The van der Waals surface area contributed by atoms with Crippen LogP contribution in [0.3, 0.4) is 0 Å². The van der Waals surface area contributed by atoms with Crippen LogP contribution in [-0.4, -0.2) is 37.8 Å². The third-order valence-corrected chi connectivity index (χ3v) is 7.85. The molecule has 0 saturated carbocycles. The van der Waals surface area contributed by atoms with Gasteiger partial charge in [-0.25, -0.2) is 4.79 Å². The number of urea groups is 1. The number of nitrogens with zero attached hydrogens (tertiary/aromatic N) is 3. The summed E-state index contributed by atoms with van der Waals surface area (Å²) in [6, 6.07) is 25.3. The highest BCUT2D eigenvalue weighted by molar-refractivity contribution is 7.99. The third-order valence-electron chi connectivity index (χ3n) is 6.68. The Morgan fingerprint density at radius 3 is 2.23 bits per heavy atom. The van der Waals surface area contributed by atoms with Gasteiger partial charge in [-0.1, -0.05) is 90.6 Å². The van der Waals surface area contributed by atoms with Crippen LogP contribution in [0, 0.1) is 0 Å². The number of aromatic nitrogens is 3. The standard InChI is InChI=1S/C30H33N5O4S/c1-35-20-33-34-30(35)40-19-26-15-27(24-11-9-23(18-36)10-12-24)39-28(38-26)25-13-7-22(8-14-25)17-32-29(37)31-16-21-5-3-2-4-6-21/h2-14,20,26-28,36H,15-19H2,1H3,(H2,31,32,37)/t26-,27+,28+/m1/s1. The number of amides is 2. The first kappa shape index (κ1) is 27.9. The highest BCUT2D eigenvalue weighted by atomic mass is 32.2. The quantitative estimate of drug-likeness (QED) is 0.243. The molecular weight excluding hydrogens is 526 g/mol. The van der Waals surface area contributed by atoms with Crippen molar-refractivity contribution < 1.29 is 19.4 Å². The number of rotatable bonds is 10. The Bertz CT molecular complexity index is 1370. The summed E-state index contributed by atoms with van der Waals surface area (Å²) in [5.74, 6) is 0.706. The van der Waals surface area contributed by atoms with Gasteiger partial charge in [0.1, 0.15) is 6.33 Å². The molecule has 208 valence electrons. The van der Waals surface area contributed by atoms with E-state index in [4.69, 9.17) is 9.47 Å². The van der Waals surface area contributed by atoms with Crippen LogP contribution in [0.1, 0.15) is 46.6 Å². The molecule has 3 aromatic carbocycles. The molecule has 3 atom stereocenters. The first-order chi connectivity index (χ1) is 19.6. The number of carbonyl (C=O) groups is 1. The maximum absolute atomic E-state index is 12.2. The summed E-state index contributed by atoms with van der Waals surface area (Å²) in [6.07, 6.45) is 1.60.